The summed E-state index contributed by atoms with van der Waals surface area (Å²) in [4.78, 5) is 29.2. The maximum atomic E-state index is 13.3. The maximum absolute atomic E-state index is 13.3. The van der Waals surface area contributed by atoms with E-state index in [1.54, 1.807) is 6.07 Å². The number of benzene rings is 1. The van der Waals surface area contributed by atoms with Crippen molar-refractivity contribution >= 4 is 32.0 Å². The molecule has 2 heterocycles. The van der Waals surface area contributed by atoms with Crippen molar-refractivity contribution in [2.45, 2.75) is 29.1 Å². The lowest BCUT2D eigenvalue weighted by Crippen LogP contribution is -2.34. The Morgan fingerprint density at radius 3 is 2.62 bits per heavy atom. The summed E-state index contributed by atoms with van der Waals surface area (Å²) in [5.74, 6) is -1.45. The molecule has 0 saturated heterocycles. The van der Waals surface area contributed by atoms with Crippen molar-refractivity contribution in [3.63, 3.8) is 0 Å². The number of methoxy groups -OCH3 is 1. The molecule has 2 atom stereocenters. The van der Waals surface area contributed by atoms with Gasteiger partial charge < -0.3 is 13.7 Å². The van der Waals surface area contributed by atoms with Gasteiger partial charge in [0.15, 0.2) is 5.69 Å². The fourth-order valence-electron chi connectivity index (χ4n) is 2.92. The van der Waals surface area contributed by atoms with Gasteiger partial charge in [0.05, 0.1) is 31.2 Å². The van der Waals surface area contributed by atoms with E-state index >= 15 is 0 Å². The molecule has 9 nitrogen and oxygen atoms in total. The SMILES string of the molecule is CCC1COCC(Br)c2nc(C(=O)OC)c(OS(=O)(=O)c3ccccc3)c(=O)n21. The van der Waals surface area contributed by atoms with Crippen molar-refractivity contribution in [1.82, 2.24) is 9.55 Å². The zero-order valence-electron chi connectivity index (χ0n) is 15.7. The fraction of sp³-hybridized carbons (Fsp3) is 0.389. The molecule has 1 aliphatic rings. The second-order valence-electron chi connectivity index (χ2n) is 6.23. The summed E-state index contributed by atoms with van der Waals surface area (Å²) in [6.45, 7) is 2.32. The minimum atomic E-state index is -4.38. The molecule has 0 amide bonds. The molecule has 1 aromatic carbocycles. The van der Waals surface area contributed by atoms with Crippen LogP contribution in [0.3, 0.4) is 0 Å². The number of esters is 1. The largest absolute Gasteiger partial charge is 0.464 e. The van der Waals surface area contributed by atoms with Crippen LogP contribution in [-0.2, 0) is 19.6 Å². The van der Waals surface area contributed by atoms with Crippen LogP contribution in [0.2, 0.25) is 0 Å². The van der Waals surface area contributed by atoms with Crippen LogP contribution in [0.25, 0.3) is 0 Å². The van der Waals surface area contributed by atoms with Gasteiger partial charge >= 0.3 is 16.1 Å². The van der Waals surface area contributed by atoms with Gasteiger partial charge in [-0.1, -0.05) is 41.1 Å². The van der Waals surface area contributed by atoms with Gasteiger partial charge in [-0.3, -0.25) is 9.36 Å². The Labute approximate surface area is 175 Å². The summed E-state index contributed by atoms with van der Waals surface area (Å²) in [6.07, 6.45) is 0.525. The van der Waals surface area contributed by atoms with Crippen LogP contribution < -0.4 is 9.74 Å². The first kappa shape index (κ1) is 21.5. The van der Waals surface area contributed by atoms with E-state index in [0.717, 1.165) is 7.11 Å². The third-order valence-electron chi connectivity index (χ3n) is 4.40. The average Bonchev–Trinajstić information content (AvgIpc) is 2.88. The number of carbonyl (C=O) groups is 1. The summed E-state index contributed by atoms with van der Waals surface area (Å²) in [5.41, 5.74) is -1.30. The molecule has 2 aromatic rings. The molecule has 0 saturated carbocycles. The molecule has 0 radical (unpaired) electrons. The number of ether oxygens (including phenoxy) is 2. The van der Waals surface area contributed by atoms with Crippen molar-refractivity contribution in [3.8, 4) is 5.75 Å². The number of hydrogen-bond acceptors (Lipinski definition) is 8. The van der Waals surface area contributed by atoms with Crippen LogP contribution in [0.15, 0.2) is 40.0 Å². The molecule has 0 N–H and O–H groups in total. The van der Waals surface area contributed by atoms with Crippen molar-refractivity contribution in [2.24, 2.45) is 0 Å². The topological polar surface area (TPSA) is 114 Å². The van der Waals surface area contributed by atoms with Crippen LogP contribution in [-0.4, -0.2) is 44.3 Å². The molecular weight excluding hydrogens is 468 g/mol. The smallest absolute Gasteiger partial charge is 0.360 e. The summed E-state index contributed by atoms with van der Waals surface area (Å²) >= 11 is 3.40. The highest BCUT2D eigenvalue weighted by Gasteiger charge is 2.33. The predicted octanol–water partition coefficient (Wildman–Crippen LogP) is 2.21. The monoisotopic (exact) mass is 486 g/mol. The Bertz CT molecular complexity index is 1070. The number of aromatic nitrogens is 2. The first-order valence-corrected chi connectivity index (χ1v) is 11.1. The number of alkyl halides is 1. The second kappa shape index (κ2) is 8.64. The quantitative estimate of drug-likeness (QED) is 0.359. The number of rotatable bonds is 5. The van der Waals surface area contributed by atoms with Gasteiger partial charge in [0.25, 0.3) is 5.56 Å². The Hall–Kier alpha value is -2.24. The first-order chi connectivity index (χ1) is 13.8. The van der Waals surface area contributed by atoms with E-state index in [1.807, 2.05) is 6.92 Å². The Kier molecular flexibility index (Phi) is 6.39. The minimum Gasteiger partial charge on any atom is -0.464 e. The third-order valence-corrected chi connectivity index (χ3v) is 6.31. The minimum absolute atomic E-state index is 0.163. The average molecular weight is 487 g/mol. The van der Waals surface area contributed by atoms with Crippen LogP contribution in [0, 0.1) is 0 Å². The molecule has 1 aliphatic heterocycles. The summed E-state index contributed by atoms with van der Waals surface area (Å²) in [5, 5.41) is 0. The van der Waals surface area contributed by atoms with Crippen molar-refractivity contribution in [2.75, 3.05) is 20.3 Å². The van der Waals surface area contributed by atoms with Gasteiger partial charge in [-0.15, -0.1) is 0 Å². The highest BCUT2D eigenvalue weighted by molar-refractivity contribution is 9.09. The lowest BCUT2D eigenvalue weighted by atomic mass is 10.2. The van der Waals surface area contributed by atoms with Crippen LogP contribution in [0.5, 0.6) is 5.75 Å². The highest BCUT2D eigenvalue weighted by atomic mass is 79.9. The van der Waals surface area contributed by atoms with E-state index in [0.29, 0.717) is 6.42 Å². The number of fused-ring (bicyclic) bond motifs is 1. The Balaban J connectivity index is 2.24. The molecule has 3 rings (SSSR count). The van der Waals surface area contributed by atoms with Crippen LogP contribution >= 0.6 is 15.9 Å². The molecular formula is C18H19BrN2O7S. The Morgan fingerprint density at radius 1 is 1.31 bits per heavy atom. The number of carbonyl (C=O) groups excluding carboxylic acids is 1. The molecule has 1 aromatic heterocycles. The van der Waals surface area contributed by atoms with E-state index in [9.17, 15) is 18.0 Å². The lowest BCUT2D eigenvalue weighted by Gasteiger charge is -2.20. The van der Waals surface area contributed by atoms with E-state index in [2.05, 4.69) is 20.9 Å². The van der Waals surface area contributed by atoms with E-state index in [-0.39, 0.29) is 23.9 Å². The zero-order valence-corrected chi connectivity index (χ0v) is 18.1. The van der Waals surface area contributed by atoms with Crippen molar-refractivity contribution in [1.29, 1.82) is 0 Å². The number of nitrogens with zero attached hydrogens (tertiary/aromatic N) is 2. The molecule has 156 valence electrons. The van der Waals surface area contributed by atoms with Crippen LogP contribution in [0.4, 0.5) is 0 Å². The molecule has 29 heavy (non-hydrogen) atoms. The molecule has 2 unspecified atom stereocenters. The van der Waals surface area contributed by atoms with Gasteiger partial charge in [0.1, 0.15) is 10.7 Å². The van der Waals surface area contributed by atoms with Gasteiger partial charge in [-0.05, 0) is 18.6 Å². The first-order valence-electron chi connectivity index (χ1n) is 8.76. The molecule has 0 spiro atoms. The zero-order chi connectivity index (χ0) is 21.2. The lowest BCUT2D eigenvalue weighted by molar-refractivity contribution is 0.0590. The van der Waals surface area contributed by atoms with Crippen LogP contribution in [0.1, 0.15) is 40.5 Å². The third kappa shape index (κ3) is 4.21. The van der Waals surface area contributed by atoms with Crippen molar-refractivity contribution in [3.05, 3.63) is 52.2 Å². The normalized spacial score (nSPS) is 19.1. The van der Waals surface area contributed by atoms with Gasteiger partial charge in [-0.2, -0.15) is 8.42 Å². The van der Waals surface area contributed by atoms with Gasteiger partial charge in [0, 0.05) is 0 Å². The summed E-state index contributed by atoms with van der Waals surface area (Å²) in [7, 11) is -3.27. The van der Waals surface area contributed by atoms with E-state index < -0.39 is 44.0 Å². The molecule has 0 fully saturated rings. The fourth-order valence-corrected chi connectivity index (χ4v) is 4.39. The molecule has 0 bridgehead atoms. The second-order valence-corrected chi connectivity index (χ2v) is 8.88. The predicted molar refractivity (Wildman–Crippen MR) is 106 cm³/mol. The highest BCUT2D eigenvalue weighted by Crippen LogP contribution is 2.30. The van der Waals surface area contributed by atoms with E-state index in [1.165, 1.54) is 28.8 Å². The Morgan fingerprint density at radius 2 is 2.00 bits per heavy atom. The standard InChI is InChI=1S/C18H19BrN2O7S/c1-3-11-9-27-10-13(19)16-20-14(18(23)26-2)15(17(22)21(11)16)28-29(24,25)12-7-5-4-6-8-12/h4-8,11,13H,3,9-10H2,1-2H3. The number of halogens is 1. The van der Waals surface area contributed by atoms with Crippen molar-refractivity contribution < 1.29 is 26.9 Å². The molecule has 11 heteroatoms. The summed E-state index contributed by atoms with van der Waals surface area (Å²) in [6, 6.07) is 6.90. The number of hydrogen-bond donors (Lipinski definition) is 0. The van der Waals surface area contributed by atoms with E-state index in [4.69, 9.17) is 13.7 Å². The maximum Gasteiger partial charge on any atom is 0.360 e. The van der Waals surface area contributed by atoms with Gasteiger partial charge in [-0.25, -0.2) is 9.78 Å². The summed E-state index contributed by atoms with van der Waals surface area (Å²) < 4.78 is 42.1. The molecule has 0 aliphatic carbocycles. The van der Waals surface area contributed by atoms with Gasteiger partial charge in [0.2, 0.25) is 5.75 Å².